The van der Waals surface area contributed by atoms with Crippen LogP contribution in [0.15, 0.2) is 18.9 Å². The SMILES string of the molecule is O=C(c1cnc2n1CCCC2)N1CC(n2cncn2)C1. The molecule has 0 spiro atoms. The summed E-state index contributed by atoms with van der Waals surface area (Å²) in [6.07, 6.45) is 8.24. The van der Waals surface area contributed by atoms with Gasteiger partial charge in [0.1, 0.15) is 24.2 Å². The Bertz CT molecular complexity index is 625. The Balaban J connectivity index is 1.48. The molecule has 0 aromatic carbocycles. The van der Waals surface area contributed by atoms with Crippen molar-refractivity contribution < 1.29 is 4.79 Å². The van der Waals surface area contributed by atoms with Gasteiger partial charge in [-0.1, -0.05) is 0 Å². The summed E-state index contributed by atoms with van der Waals surface area (Å²) in [7, 11) is 0. The molecule has 2 aliphatic rings. The molecule has 1 amide bonds. The quantitative estimate of drug-likeness (QED) is 0.798. The number of carbonyl (C=O) groups excluding carboxylic acids is 1. The number of hydrogen-bond donors (Lipinski definition) is 0. The number of aryl methyl sites for hydroxylation is 1. The molecule has 20 heavy (non-hydrogen) atoms. The van der Waals surface area contributed by atoms with Crippen molar-refractivity contribution in [2.75, 3.05) is 13.1 Å². The Morgan fingerprint density at radius 1 is 1.30 bits per heavy atom. The van der Waals surface area contributed by atoms with E-state index in [9.17, 15) is 4.79 Å². The molecule has 2 aromatic heterocycles. The second-order valence-corrected chi connectivity index (χ2v) is 5.41. The summed E-state index contributed by atoms with van der Waals surface area (Å²) in [6.45, 7) is 2.31. The lowest BCUT2D eigenvalue weighted by atomic mass is 10.1. The van der Waals surface area contributed by atoms with Crippen molar-refractivity contribution in [3.8, 4) is 0 Å². The third kappa shape index (κ3) is 1.73. The van der Waals surface area contributed by atoms with Gasteiger partial charge in [0.05, 0.1) is 12.2 Å². The van der Waals surface area contributed by atoms with Crippen molar-refractivity contribution in [1.82, 2.24) is 29.2 Å². The number of likely N-dealkylation sites (tertiary alicyclic amines) is 1. The lowest BCUT2D eigenvalue weighted by molar-refractivity contribution is 0.0489. The van der Waals surface area contributed by atoms with E-state index in [4.69, 9.17) is 0 Å². The maximum absolute atomic E-state index is 12.5. The molecule has 4 heterocycles. The molecule has 0 N–H and O–H groups in total. The Morgan fingerprint density at radius 3 is 3.00 bits per heavy atom. The molecule has 7 nitrogen and oxygen atoms in total. The number of amides is 1. The maximum atomic E-state index is 12.5. The van der Waals surface area contributed by atoms with E-state index in [2.05, 4.69) is 19.6 Å². The van der Waals surface area contributed by atoms with Gasteiger partial charge >= 0.3 is 0 Å². The first-order valence-corrected chi connectivity index (χ1v) is 7.01. The first-order chi connectivity index (χ1) is 9.83. The van der Waals surface area contributed by atoms with Gasteiger partial charge in [0.2, 0.25) is 0 Å². The van der Waals surface area contributed by atoms with Crippen LogP contribution in [0.25, 0.3) is 0 Å². The van der Waals surface area contributed by atoms with Gasteiger partial charge < -0.3 is 9.47 Å². The fourth-order valence-electron chi connectivity index (χ4n) is 2.94. The molecule has 0 aliphatic carbocycles. The third-order valence-electron chi connectivity index (χ3n) is 4.15. The predicted molar refractivity (Wildman–Crippen MR) is 70.1 cm³/mol. The van der Waals surface area contributed by atoms with E-state index < -0.39 is 0 Å². The molecular weight excluding hydrogens is 256 g/mol. The maximum Gasteiger partial charge on any atom is 0.272 e. The van der Waals surface area contributed by atoms with E-state index in [0.29, 0.717) is 13.1 Å². The molecule has 104 valence electrons. The molecular formula is C13H16N6O. The van der Waals surface area contributed by atoms with E-state index in [1.165, 1.54) is 12.7 Å². The summed E-state index contributed by atoms with van der Waals surface area (Å²) < 4.78 is 3.89. The van der Waals surface area contributed by atoms with Gasteiger partial charge in [-0.15, -0.1) is 0 Å². The van der Waals surface area contributed by atoms with Gasteiger partial charge in [0.25, 0.3) is 5.91 Å². The molecule has 2 aliphatic heterocycles. The minimum atomic E-state index is 0.0852. The van der Waals surface area contributed by atoms with Crippen molar-refractivity contribution >= 4 is 5.91 Å². The second-order valence-electron chi connectivity index (χ2n) is 5.41. The highest BCUT2D eigenvalue weighted by atomic mass is 16.2. The summed E-state index contributed by atoms with van der Waals surface area (Å²) in [6, 6.07) is 0.255. The normalized spacial score (nSPS) is 18.7. The average Bonchev–Trinajstić information content (AvgIpc) is 3.05. The highest BCUT2D eigenvalue weighted by molar-refractivity contribution is 5.93. The summed E-state index contributed by atoms with van der Waals surface area (Å²) in [5, 5.41) is 4.12. The minimum absolute atomic E-state index is 0.0852. The Hall–Kier alpha value is -2.18. The molecule has 4 rings (SSSR count). The summed E-state index contributed by atoms with van der Waals surface area (Å²) in [4.78, 5) is 22.7. The number of nitrogens with zero attached hydrogens (tertiary/aromatic N) is 6. The molecule has 0 radical (unpaired) electrons. The summed E-state index contributed by atoms with van der Waals surface area (Å²) in [5.41, 5.74) is 0.733. The Labute approximate surface area is 116 Å². The lowest BCUT2D eigenvalue weighted by Crippen LogP contribution is -2.51. The van der Waals surface area contributed by atoms with Crippen LogP contribution in [0.1, 0.15) is 35.2 Å². The van der Waals surface area contributed by atoms with E-state index in [0.717, 1.165) is 30.9 Å². The molecule has 0 unspecified atom stereocenters. The molecule has 2 aromatic rings. The van der Waals surface area contributed by atoms with Gasteiger partial charge in [-0.2, -0.15) is 5.10 Å². The smallest absolute Gasteiger partial charge is 0.272 e. The van der Waals surface area contributed by atoms with Crippen molar-refractivity contribution in [3.05, 3.63) is 30.4 Å². The number of fused-ring (bicyclic) bond motifs is 1. The van der Waals surface area contributed by atoms with Gasteiger partial charge in [-0.3, -0.25) is 4.79 Å². The zero-order chi connectivity index (χ0) is 13.5. The fraction of sp³-hybridized carbons (Fsp3) is 0.538. The van der Waals surface area contributed by atoms with Crippen LogP contribution in [0.2, 0.25) is 0 Å². The molecule has 1 fully saturated rings. The lowest BCUT2D eigenvalue weighted by Gasteiger charge is -2.38. The standard InChI is InChI=1S/C13H16N6O/c20-13(11-5-15-12-3-1-2-4-18(11)12)17-6-10(7-17)19-9-14-8-16-19/h5,8-10H,1-4,6-7H2. The zero-order valence-electron chi connectivity index (χ0n) is 11.1. The summed E-state index contributed by atoms with van der Waals surface area (Å²) in [5.74, 6) is 1.13. The van der Waals surface area contributed by atoms with E-state index in [-0.39, 0.29) is 11.9 Å². The number of carbonyl (C=O) groups is 1. The molecule has 0 atom stereocenters. The summed E-state index contributed by atoms with van der Waals surface area (Å²) >= 11 is 0. The second kappa shape index (κ2) is 4.43. The molecule has 0 saturated carbocycles. The van der Waals surface area contributed by atoms with Crippen LogP contribution in [-0.4, -0.2) is 48.2 Å². The van der Waals surface area contributed by atoms with Crippen LogP contribution in [0.4, 0.5) is 0 Å². The minimum Gasteiger partial charge on any atom is -0.333 e. The van der Waals surface area contributed by atoms with E-state index >= 15 is 0 Å². The highest BCUT2D eigenvalue weighted by Gasteiger charge is 2.34. The van der Waals surface area contributed by atoms with Crippen molar-refractivity contribution in [2.45, 2.75) is 31.8 Å². The Morgan fingerprint density at radius 2 is 2.20 bits per heavy atom. The first kappa shape index (κ1) is 11.6. The van der Waals surface area contributed by atoms with E-state index in [1.807, 2.05) is 9.58 Å². The highest BCUT2D eigenvalue weighted by Crippen LogP contribution is 2.24. The van der Waals surface area contributed by atoms with E-state index in [1.54, 1.807) is 12.5 Å². The molecule has 7 heteroatoms. The van der Waals surface area contributed by atoms with Crippen molar-refractivity contribution in [2.24, 2.45) is 0 Å². The molecule has 0 bridgehead atoms. The van der Waals surface area contributed by atoms with Gasteiger partial charge in [-0.25, -0.2) is 14.6 Å². The predicted octanol–water partition coefficient (Wildman–Crippen LogP) is 0.508. The van der Waals surface area contributed by atoms with Gasteiger partial charge in [-0.05, 0) is 12.8 Å². The first-order valence-electron chi connectivity index (χ1n) is 7.01. The van der Waals surface area contributed by atoms with Crippen LogP contribution in [-0.2, 0) is 13.0 Å². The van der Waals surface area contributed by atoms with Crippen LogP contribution in [0.3, 0.4) is 0 Å². The van der Waals surface area contributed by atoms with Crippen molar-refractivity contribution in [3.63, 3.8) is 0 Å². The third-order valence-corrected chi connectivity index (χ3v) is 4.15. The number of hydrogen-bond acceptors (Lipinski definition) is 4. The average molecular weight is 272 g/mol. The van der Waals surface area contributed by atoms with Gasteiger partial charge in [0.15, 0.2) is 0 Å². The number of rotatable bonds is 2. The van der Waals surface area contributed by atoms with Crippen LogP contribution >= 0.6 is 0 Å². The van der Waals surface area contributed by atoms with Gasteiger partial charge in [0, 0.05) is 26.1 Å². The van der Waals surface area contributed by atoms with Crippen LogP contribution in [0, 0.1) is 0 Å². The zero-order valence-corrected chi connectivity index (χ0v) is 11.1. The number of imidazole rings is 1. The van der Waals surface area contributed by atoms with Crippen LogP contribution in [0.5, 0.6) is 0 Å². The van der Waals surface area contributed by atoms with Crippen LogP contribution < -0.4 is 0 Å². The topological polar surface area (TPSA) is 68.8 Å². The fourth-order valence-corrected chi connectivity index (χ4v) is 2.94. The number of aromatic nitrogens is 5. The Kier molecular flexibility index (Phi) is 2.58. The van der Waals surface area contributed by atoms with Crippen molar-refractivity contribution in [1.29, 1.82) is 0 Å². The largest absolute Gasteiger partial charge is 0.333 e. The monoisotopic (exact) mass is 272 g/mol. The molecule has 1 saturated heterocycles.